The lowest BCUT2D eigenvalue weighted by Gasteiger charge is -2.34. The third kappa shape index (κ3) is 4.39. The molecule has 7 nitrogen and oxygen atoms in total. The van der Waals surface area contributed by atoms with E-state index in [2.05, 4.69) is 22.9 Å². The van der Waals surface area contributed by atoms with Crippen molar-refractivity contribution in [2.45, 2.75) is 57.5 Å². The molecule has 1 heterocycles. The number of likely N-dealkylation sites (N-methyl/N-ethyl adjacent to an activating group) is 1. The minimum Gasteiger partial charge on any atom is -0.353 e. The molecular formula is C16H29ClN4O3. The first-order valence-electron chi connectivity index (χ1n) is 8.50. The first-order chi connectivity index (χ1) is 10.9. The summed E-state index contributed by atoms with van der Waals surface area (Å²) < 4.78 is 0. The Labute approximate surface area is 149 Å². The summed E-state index contributed by atoms with van der Waals surface area (Å²) in [6.45, 7) is 4.35. The first kappa shape index (κ1) is 20.7. The Morgan fingerprint density at radius 1 is 1.38 bits per heavy atom. The third-order valence-corrected chi connectivity index (χ3v) is 5.18. The van der Waals surface area contributed by atoms with Gasteiger partial charge in [0.1, 0.15) is 12.1 Å². The highest BCUT2D eigenvalue weighted by Crippen LogP contribution is 2.37. The zero-order valence-corrected chi connectivity index (χ0v) is 15.5. The zero-order chi connectivity index (χ0) is 17.0. The second-order valence-electron chi connectivity index (χ2n) is 6.75. The normalized spacial score (nSPS) is 27.6. The van der Waals surface area contributed by atoms with Gasteiger partial charge in [0, 0.05) is 12.6 Å². The maximum Gasteiger partial charge on any atom is 0.325 e. The molecule has 8 heteroatoms. The molecule has 1 saturated heterocycles. The summed E-state index contributed by atoms with van der Waals surface area (Å²) in [6, 6.07) is -0.306. The third-order valence-electron chi connectivity index (χ3n) is 5.18. The fourth-order valence-electron chi connectivity index (χ4n) is 3.31. The van der Waals surface area contributed by atoms with E-state index < -0.39 is 11.6 Å². The van der Waals surface area contributed by atoms with Crippen LogP contribution in [0.15, 0.2) is 0 Å². The number of amides is 4. The molecule has 3 N–H and O–H groups in total. The number of rotatable bonds is 6. The van der Waals surface area contributed by atoms with Gasteiger partial charge >= 0.3 is 6.03 Å². The Bertz CT molecular complexity index is 478. The number of hydrogen-bond donors (Lipinski definition) is 3. The summed E-state index contributed by atoms with van der Waals surface area (Å²) in [5.41, 5.74) is -0.776. The molecule has 138 valence electrons. The van der Waals surface area contributed by atoms with E-state index in [-0.39, 0.29) is 36.8 Å². The van der Waals surface area contributed by atoms with Gasteiger partial charge in [-0.3, -0.25) is 14.5 Å². The highest BCUT2D eigenvalue weighted by Gasteiger charge is 2.52. The van der Waals surface area contributed by atoms with Crippen LogP contribution in [-0.4, -0.2) is 54.5 Å². The van der Waals surface area contributed by atoms with Gasteiger partial charge in [0.05, 0.1) is 0 Å². The summed E-state index contributed by atoms with van der Waals surface area (Å²) >= 11 is 0. The van der Waals surface area contributed by atoms with Gasteiger partial charge in [0.2, 0.25) is 5.91 Å². The molecule has 1 saturated carbocycles. The average Bonchev–Trinajstić information content (AvgIpc) is 2.77. The van der Waals surface area contributed by atoms with Crippen LogP contribution in [0.5, 0.6) is 0 Å². The van der Waals surface area contributed by atoms with Crippen molar-refractivity contribution in [3.8, 4) is 0 Å². The molecule has 2 rings (SSSR count). The fraction of sp³-hybridized carbons (Fsp3) is 0.812. The van der Waals surface area contributed by atoms with Crippen molar-refractivity contribution in [1.82, 2.24) is 20.9 Å². The smallest absolute Gasteiger partial charge is 0.325 e. The fourth-order valence-corrected chi connectivity index (χ4v) is 3.31. The quantitative estimate of drug-likeness (QED) is 0.617. The number of carbonyl (C=O) groups excluding carboxylic acids is 3. The number of imide groups is 1. The van der Waals surface area contributed by atoms with Gasteiger partial charge in [-0.15, -0.1) is 12.4 Å². The standard InChI is InChI=1S/C16H28N4O3.ClH/c1-4-12-5-7-16(8-6-12)14(22)20(15(23)19-16)10-13(21)18-9-11(2)17-3;/h11-12,17H,4-10H2,1-3H3,(H,18,21)(H,19,23);1H. The predicted molar refractivity (Wildman–Crippen MR) is 94.0 cm³/mol. The molecule has 0 aromatic heterocycles. The minimum atomic E-state index is -0.776. The van der Waals surface area contributed by atoms with Crippen LogP contribution in [0, 0.1) is 5.92 Å². The van der Waals surface area contributed by atoms with Crippen molar-refractivity contribution in [1.29, 1.82) is 0 Å². The largest absolute Gasteiger partial charge is 0.353 e. The van der Waals surface area contributed by atoms with Crippen LogP contribution in [0.2, 0.25) is 0 Å². The van der Waals surface area contributed by atoms with Gasteiger partial charge in [-0.25, -0.2) is 4.79 Å². The van der Waals surface area contributed by atoms with Gasteiger partial charge in [0.15, 0.2) is 0 Å². The van der Waals surface area contributed by atoms with Gasteiger partial charge < -0.3 is 16.0 Å². The minimum absolute atomic E-state index is 0. The molecule has 0 aromatic carbocycles. The van der Waals surface area contributed by atoms with E-state index in [1.54, 1.807) is 0 Å². The Balaban J connectivity index is 0.00000288. The average molecular weight is 361 g/mol. The Morgan fingerprint density at radius 2 is 2.00 bits per heavy atom. The summed E-state index contributed by atoms with van der Waals surface area (Å²) in [6.07, 6.45) is 4.34. The second-order valence-corrected chi connectivity index (χ2v) is 6.75. The van der Waals surface area contributed by atoms with Gasteiger partial charge in [0.25, 0.3) is 5.91 Å². The number of nitrogens with one attached hydrogen (secondary N) is 3. The lowest BCUT2D eigenvalue weighted by molar-refractivity contribution is -0.136. The lowest BCUT2D eigenvalue weighted by atomic mass is 9.75. The topological polar surface area (TPSA) is 90.5 Å². The molecule has 1 aliphatic heterocycles. The molecule has 0 aromatic rings. The molecule has 2 fully saturated rings. The van der Waals surface area contributed by atoms with Crippen molar-refractivity contribution in [2.24, 2.45) is 5.92 Å². The Morgan fingerprint density at radius 3 is 2.54 bits per heavy atom. The van der Waals surface area contributed by atoms with Gasteiger partial charge in [-0.1, -0.05) is 13.3 Å². The van der Waals surface area contributed by atoms with E-state index in [0.29, 0.717) is 25.3 Å². The number of urea groups is 1. The predicted octanol–water partition coefficient (Wildman–Crippen LogP) is 1.02. The van der Waals surface area contributed by atoms with E-state index in [0.717, 1.165) is 24.2 Å². The zero-order valence-electron chi connectivity index (χ0n) is 14.7. The highest BCUT2D eigenvalue weighted by atomic mass is 35.5. The number of carbonyl (C=O) groups is 3. The van der Waals surface area contributed by atoms with Crippen LogP contribution in [-0.2, 0) is 9.59 Å². The summed E-state index contributed by atoms with van der Waals surface area (Å²) in [5.74, 6) is 0.0782. The highest BCUT2D eigenvalue weighted by molar-refractivity contribution is 6.09. The molecule has 1 atom stereocenters. The van der Waals surface area contributed by atoms with Gasteiger partial charge in [-0.2, -0.15) is 0 Å². The van der Waals surface area contributed by atoms with Crippen molar-refractivity contribution in [3.05, 3.63) is 0 Å². The first-order valence-corrected chi connectivity index (χ1v) is 8.50. The van der Waals surface area contributed by atoms with E-state index >= 15 is 0 Å². The maximum atomic E-state index is 12.7. The molecular weight excluding hydrogens is 332 g/mol. The van der Waals surface area contributed by atoms with Crippen LogP contribution in [0.4, 0.5) is 4.79 Å². The molecule has 1 unspecified atom stereocenters. The molecule has 2 aliphatic rings. The Kier molecular flexibility index (Phi) is 7.48. The molecule has 0 bridgehead atoms. The molecule has 1 spiro atoms. The van der Waals surface area contributed by atoms with Crippen LogP contribution in [0.25, 0.3) is 0 Å². The molecule has 24 heavy (non-hydrogen) atoms. The van der Waals surface area contributed by atoms with E-state index in [1.165, 1.54) is 0 Å². The summed E-state index contributed by atoms with van der Waals surface area (Å²) in [5, 5.41) is 8.59. The van der Waals surface area contributed by atoms with Crippen LogP contribution >= 0.6 is 12.4 Å². The van der Waals surface area contributed by atoms with Crippen LogP contribution in [0.1, 0.15) is 46.0 Å². The number of halogens is 1. The molecule has 4 amide bonds. The van der Waals surface area contributed by atoms with Crippen molar-refractivity contribution in [3.63, 3.8) is 0 Å². The van der Waals surface area contributed by atoms with Crippen molar-refractivity contribution < 1.29 is 14.4 Å². The van der Waals surface area contributed by atoms with Crippen LogP contribution < -0.4 is 16.0 Å². The molecule has 0 radical (unpaired) electrons. The maximum absolute atomic E-state index is 12.7. The van der Waals surface area contributed by atoms with Crippen molar-refractivity contribution >= 4 is 30.3 Å². The van der Waals surface area contributed by atoms with E-state index in [9.17, 15) is 14.4 Å². The number of hydrogen-bond acceptors (Lipinski definition) is 4. The van der Waals surface area contributed by atoms with E-state index in [1.807, 2.05) is 14.0 Å². The number of nitrogens with zero attached hydrogens (tertiary/aromatic N) is 1. The Hall–Kier alpha value is -1.34. The second kappa shape index (κ2) is 8.67. The lowest BCUT2D eigenvalue weighted by Crippen LogP contribution is -2.50. The van der Waals surface area contributed by atoms with E-state index in [4.69, 9.17) is 0 Å². The van der Waals surface area contributed by atoms with Gasteiger partial charge in [-0.05, 0) is 45.6 Å². The SMILES string of the molecule is CCC1CCC2(CC1)NC(=O)N(CC(=O)NCC(C)NC)C2=O.Cl. The molecule has 1 aliphatic carbocycles. The van der Waals surface area contributed by atoms with Crippen LogP contribution in [0.3, 0.4) is 0 Å². The summed E-state index contributed by atoms with van der Waals surface area (Å²) in [7, 11) is 1.81. The monoisotopic (exact) mass is 360 g/mol. The summed E-state index contributed by atoms with van der Waals surface area (Å²) in [4.78, 5) is 37.8. The van der Waals surface area contributed by atoms with Crippen molar-refractivity contribution in [2.75, 3.05) is 20.1 Å².